The van der Waals surface area contributed by atoms with Gasteiger partial charge in [0.05, 0.1) is 0 Å². The van der Waals surface area contributed by atoms with E-state index < -0.39 is 0 Å². The van der Waals surface area contributed by atoms with E-state index in [0.717, 1.165) is 23.7 Å². The molecule has 0 fully saturated rings. The Morgan fingerprint density at radius 1 is 0.882 bits per heavy atom. The van der Waals surface area contributed by atoms with Gasteiger partial charge in [0.15, 0.2) is 0 Å². The maximum Gasteiger partial charge on any atom is 0.00386 e. The summed E-state index contributed by atoms with van der Waals surface area (Å²) in [5, 5.41) is 0. The van der Waals surface area contributed by atoms with Gasteiger partial charge in [0, 0.05) is 6.04 Å². The summed E-state index contributed by atoms with van der Waals surface area (Å²) in [6, 6.07) is 0.364. The van der Waals surface area contributed by atoms with Crippen molar-refractivity contribution in [3.05, 3.63) is 0 Å². The lowest BCUT2D eigenvalue weighted by Gasteiger charge is -2.23. The fraction of sp³-hybridized carbons (Fsp3) is 1.00. The minimum atomic E-state index is 0.364. The first-order valence-corrected chi connectivity index (χ1v) is 7.64. The Labute approximate surface area is 110 Å². The van der Waals surface area contributed by atoms with Crippen LogP contribution in [-0.4, -0.2) is 6.04 Å². The Bertz CT molecular complexity index is 174. The smallest absolute Gasteiger partial charge is 0.00386 e. The molecule has 0 amide bonds. The van der Waals surface area contributed by atoms with E-state index in [9.17, 15) is 0 Å². The van der Waals surface area contributed by atoms with Crippen LogP contribution in [0.3, 0.4) is 0 Å². The largest absolute Gasteiger partial charge is 0.328 e. The predicted octanol–water partition coefficient (Wildman–Crippen LogP) is 4.85. The Morgan fingerprint density at radius 2 is 1.47 bits per heavy atom. The molecule has 0 aromatic rings. The zero-order valence-electron chi connectivity index (χ0n) is 13.0. The summed E-state index contributed by atoms with van der Waals surface area (Å²) in [5.74, 6) is 3.29. The molecule has 0 aliphatic heterocycles. The van der Waals surface area contributed by atoms with Crippen LogP contribution < -0.4 is 5.73 Å². The highest BCUT2D eigenvalue weighted by Gasteiger charge is 2.15. The molecule has 17 heavy (non-hydrogen) atoms. The fourth-order valence-corrected chi connectivity index (χ4v) is 2.80. The molecule has 1 heteroatoms. The molecule has 0 rings (SSSR count). The van der Waals surface area contributed by atoms with Crippen molar-refractivity contribution in [3.63, 3.8) is 0 Å². The number of hydrogen-bond donors (Lipinski definition) is 1. The van der Waals surface area contributed by atoms with E-state index in [4.69, 9.17) is 5.73 Å². The SMILES string of the molecule is CCC(CCCC(C)C(C)CC(C)C)[C@@H](C)N. The van der Waals surface area contributed by atoms with Crippen LogP contribution in [0.25, 0.3) is 0 Å². The molecule has 0 saturated carbocycles. The topological polar surface area (TPSA) is 26.0 Å². The van der Waals surface area contributed by atoms with Crippen LogP contribution in [0.4, 0.5) is 0 Å². The standard InChI is InChI=1S/C16H35N/c1-7-16(15(6)17)10-8-9-13(4)14(5)11-12(2)3/h12-16H,7-11,17H2,1-6H3/t13?,14?,15-,16?/m1/s1. The van der Waals surface area contributed by atoms with Crippen LogP contribution in [0.1, 0.15) is 73.6 Å². The van der Waals surface area contributed by atoms with Crippen molar-refractivity contribution >= 4 is 0 Å². The Hall–Kier alpha value is -0.0400. The van der Waals surface area contributed by atoms with Gasteiger partial charge in [-0.2, -0.15) is 0 Å². The molecule has 104 valence electrons. The van der Waals surface area contributed by atoms with Gasteiger partial charge in [-0.1, -0.05) is 53.9 Å². The van der Waals surface area contributed by atoms with Gasteiger partial charge in [0.2, 0.25) is 0 Å². The van der Waals surface area contributed by atoms with Crippen LogP contribution in [0.15, 0.2) is 0 Å². The predicted molar refractivity (Wildman–Crippen MR) is 79.1 cm³/mol. The molecule has 0 bridgehead atoms. The number of nitrogens with two attached hydrogens (primary N) is 1. The highest BCUT2D eigenvalue weighted by atomic mass is 14.6. The van der Waals surface area contributed by atoms with Gasteiger partial charge in [-0.05, 0) is 43.4 Å². The van der Waals surface area contributed by atoms with Crippen LogP contribution >= 0.6 is 0 Å². The molecular formula is C16H35N. The quantitative estimate of drug-likeness (QED) is 0.613. The van der Waals surface area contributed by atoms with Crippen molar-refractivity contribution < 1.29 is 0 Å². The molecule has 0 saturated heterocycles. The second kappa shape index (κ2) is 8.97. The minimum Gasteiger partial charge on any atom is -0.328 e. The van der Waals surface area contributed by atoms with Gasteiger partial charge in [0.1, 0.15) is 0 Å². The van der Waals surface area contributed by atoms with Crippen molar-refractivity contribution in [2.24, 2.45) is 29.4 Å². The third kappa shape index (κ3) is 7.81. The summed E-state index contributed by atoms with van der Waals surface area (Å²) >= 11 is 0. The van der Waals surface area contributed by atoms with Crippen molar-refractivity contribution in [2.45, 2.75) is 79.7 Å². The highest BCUT2D eigenvalue weighted by Crippen LogP contribution is 2.25. The third-order valence-corrected chi connectivity index (χ3v) is 4.32. The summed E-state index contributed by atoms with van der Waals surface area (Å²) in [4.78, 5) is 0. The summed E-state index contributed by atoms with van der Waals surface area (Å²) < 4.78 is 0. The second-order valence-electron chi connectivity index (χ2n) is 6.54. The average Bonchev–Trinajstić information content (AvgIpc) is 2.22. The van der Waals surface area contributed by atoms with Crippen molar-refractivity contribution in [1.82, 2.24) is 0 Å². The van der Waals surface area contributed by atoms with E-state index in [1.54, 1.807) is 0 Å². The first-order chi connectivity index (χ1) is 7.88. The Balaban J connectivity index is 3.79. The van der Waals surface area contributed by atoms with E-state index >= 15 is 0 Å². The van der Waals surface area contributed by atoms with Crippen LogP contribution in [0.2, 0.25) is 0 Å². The number of rotatable bonds is 9. The lowest BCUT2D eigenvalue weighted by Crippen LogP contribution is -2.26. The molecule has 4 atom stereocenters. The van der Waals surface area contributed by atoms with E-state index in [-0.39, 0.29) is 0 Å². The molecule has 0 aliphatic carbocycles. The summed E-state index contributed by atoms with van der Waals surface area (Å²) in [7, 11) is 0. The molecular weight excluding hydrogens is 206 g/mol. The van der Waals surface area contributed by atoms with Gasteiger partial charge >= 0.3 is 0 Å². The lowest BCUT2D eigenvalue weighted by molar-refractivity contribution is 0.287. The molecule has 0 aliphatic rings. The summed E-state index contributed by atoms with van der Waals surface area (Å²) in [6.45, 7) is 13.9. The van der Waals surface area contributed by atoms with Crippen molar-refractivity contribution in [2.75, 3.05) is 0 Å². The minimum absolute atomic E-state index is 0.364. The lowest BCUT2D eigenvalue weighted by atomic mass is 9.83. The molecule has 0 aromatic carbocycles. The molecule has 0 aromatic heterocycles. The zero-order chi connectivity index (χ0) is 13.4. The molecule has 2 N–H and O–H groups in total. The Kier molecular flexibility index (Phi) is 8.94. The van der Waals surface area contributed by atoms with E-state index in [2.05, 4.69) is 41.5 Å². The Morgan fingerprint density at radius 3 is 1.88 bits per heavy atom. The third-order valence-electron chi connectivity index (χ3n) is 4.32. The molecule has 0 spiro atoms. The molecule has 0 heterocycles. The highest BCUT2D eigenvalue weighted by molar-refractivity contribution is 4.69. The fourth-order valence-electron chi connectivity index (χ4n) is 2.80. The van der Waals surface area contributed by atoms with Crippen molar-refractivity contribution in [1.29, 1.82) is 0 Å². The monoisotopic (exact) mass is 241 g/mol. The maximum absolute atomic E-state index is 5.99. The van der Waals surface area contributed by atoms with E-state index in [1.165, 1.54) is 32.1 Å². The zero-order valence-corrected chi connectivity index (χ0v) is 13.0. The maximum atomic E-state index is 5.99. The van der Waals surface area contributed by atoms with Gasteiger partial charge in [-0.15, -0.1) is 0 Å². The first kappa shape index (κ1) is 17.0. The van der Waals surface area contributed by atoms with Crippen molar-refractivity contribution in [3.8, 4) is 0 Å². The summed E-state index contributed by atoms with van der Waals surface area (Å²) in [6.07, 6.45) is 6.63. The number of hydrogen-bond acceptors (Lipinski definition) is 1. The van der Waals surface area contributed by atoms with E-state index in [0.29, 0.717) is 6.04 Å². The van der Waals surface area contributed by atoms with Gasteiger partial charge in [0.25, 0.3) is 0 Å². The van der Waals surface area contributed by atoms with Crippen LogP contribution in [0.5, 0.6) is 0 Å². The molecule has 1 nitrogen and oxygen atoms in total. The van der Waals surface area contributed by atoms with Gasteiger partial charge in [-0.3, -0.25) is 0 Å². The van der Waals surface area contributed by atoms with Crippen LogP contribution in [-0.2, 0) is 0 Å². The second-order valence-corrected chi connectivity index (χ2v) is 6.54. The van der Waals surface area contributed by atoms with E-state index in [1.807, 2.05) is 0 Å². The van der Waals surface area contributed by atoms with Gasteiger partial charge < -0.3 is 5.73 Å². The average molecular weight is 241 g/mol. The normalized spacial score (nSPS) is 19.1. The van der Waals surface area contributed by atoms with Crippen LogP contribution in [0, 0.1) is 23.7 Å². The van der Waals surface area contributed by atoms with Gasteiger partial charge in [-0.25, -0.2) is 0 Å². The molecule has 0 radical (unpaired) electrons. The molecule has 3 unspecified atom stereocenters. The first-order valence-electron chi connectivity index (χ1n) is 7.64. The summed E-state index contributed by atoms with van der Waals surface area (Å²) in [5.41, 5.74) is 5.99.